The number of esters is 1. The predicted octanol–water partition coefficient (Wildman–Crippen LogP) is 0.0221. The molecule has 4 aliphatic rings. The standard InChI is InChI=1S/C17H21NO5/c1-18-12-7-11-8-13(18)15(14(12)22-11)23-16(20)17(21,9-19)10-5-3-2-4-6-10/h2-6,11-15,19,21H,7-9H2,1H3/t11-,12-,13+,14+,15-,17+/m1/s1. The van der Waals surface area contributed by atoms with E-state index in [1.165, 1.54) is 0 Å². The molecule has 6 nitrogen and oxygen atoms in total. The third-order valence-corrected chi connectivity index (χ3v) is 5.55. The van der Waals surface area contributed by atoms with Gasteiger partial charge in [-0.15, -0.1) is 0 Å². The molecule has 6 atom stereocenters. The van der Waals surface area contributed by atoms with Crippen LogP contribution in [0.1, 0.15) is 18.4 Å². The third kappa shape index (κ3) is 2.13. The fraction of sp³-hybridized carbons (Fsp3) is 0.588. The Morgan fingerprint density at radius 3 is 2.70 bits per heavy atom. The summed E-state index contributed by atoms with van der Waals surface area (Å²) in [5.41, 5.74) is -1.71. The number of hydrogen-bond acceptors (Lipinski definition) is 6. The first kappa shape index (κ1) is 15.1. The molecule has 124 valence electrons. The van der Waals surface area contributed by atoms with Gasteiger partial charge in [0.2, 0.25) is 5.60 Å². The van der Waals surface area contributed by atoms with Crippen LogP contribution in [0.3, 0.4) is 0 Å². The number of aliphatic hydroxyl groups excluding tert-OH is 1. The Morgan fingerprint density at radius 2 is 2.04 bits per heavy atom. The van der Waals surface area contributed by atoms with Crippen LogP contribution in [0.25, 0.3) is 0 Å². The largest absolute Gasteiger partial charge is 0.455 e. The number of rotatable bonds is 4. The molecular weight excluding hydrogens is 298 g/mol. The van der Waals surface area contributed by atoms with E-state index in [-0.39, 0.29) is 24.3 Å². The van der Waals surface area contributed by atoms with E-state index in [1.54, 1.807) is 30.3 Å². The number of aliphatic hydroxyl groups is 2. The summed E-state index contributed by atoms with van der Waals surface area (Å²) in [6.45, 7) is -0.722. The Morgan fingerprint density at radius 1 is 1.35 bits per heavy atom. The highest BCUT2D eigenvalue weighted by molar-refractivity contribution is 5.81. The highest BCUT2D eigenvalue weighted by atomic mass is 16.6. The normalized spacial score (nSPS) is 37.8. The van der Waals surface area contributed by atoms with E-state index in [9.17, 15) is 15.0 Å². The number of piperidine rings is 1. The molecule has 1 aromatic carbocycles. The van der Waals surface area contributed by atoms with E-state index >= 15 is 0 Å². The predicted molar refractivity (Wildman–Crippen MR) is 80.5 cm³/mol. The maximum atomic E-state index is 12.6. The Bertz CT molecular complexity index is 606. The van der Waals surface area contributed by atoms with Crippen LogP contribution in [0.5, 0.6) is 0 Å². The number of ether oxygens (including phenoxy) is 2. The SMILES string of the molecule is CN1[C@@H]2C[C@@H]3C[C@H]1[C@@H](OC(=O)[C@](O)(CO)c1ccccc1)[C@H]2O3. The first-order valence-corrected chi connectivity index (χ1v) is 8.02. The van der Waals surface area contributed by atoms with Gasteiger partial charge in [-0.05, 0) is 25.5 Å². The van der Waals surface area contributed by atoms with E-state index in [0.29, 0.717) is 5.56 Å². The zero-order valence-corrected chi connectivity index (χ0v) is 13.0. The molecule has 5 rings (SSSR count). The van der Waals surface area contributed by atoms with Gasteiger partial charge in [-0.2, -0.15) is 0 Å². The second-order valence-corrected chi connectivity index (χ2v) is 6.75. The van der Waals surface area contributed by atoms with Crippen LogP contribution in [0.4, 0.5) is 0 Å². The number of carbonyl (C=O) groups excluding carboxylic acids is 1. The van der Waals surface area contributed by atoms with E-state index in [4.69, 9.17) is 9.47 Å². The summed E-state index contributed by atoms with van der Waals surface area (Å²) in [4.78, 5) is 14.8. The number of hydrogen-bond donors (Lipinski definition) is 2. The minimum atomic E-state index is -2.04. The summed E-state index contributed by atoms with van der Waals surface area (Å²) in [6.07, 6.45) is 1.54. The van der Waals surface area contributed by atoms with Crippen molar-refractivity contribution in [3.8, 4) is 0 Å². The average molecular weight is 319 g/mol. The van der Waals surface area contributed by atoms with Gasteiger partial charge in [0.15, 0.2) is 0 Å². The van der Waals surface area contributed by atoms with Crippen molar-refractivity contribution in [1.29, 1.82) is 0 Å². The lowest BCUT2D eigenvalue weighted by atomic mass is 9.94. The van der Waals surface area contributed by atoms with E-state index in [2.05, 4.69) is 4.90 Å². The molecule has 0 aromatic heterocycles. The zero-order chi connectivity index (χ0) is 16.2. The van der Waals surface area contributed by atoms with Gasteiger partial charge < -0.3 is 19.7 Å². The van der Waals surface area contributed by atoms with Crippen molar-refractivity contribution < 1.29 is 24.5 Å². The average Bonchev–Trinajstić information content (AvgIpc) is 2.99. The molecule has 0 saturated carbocycles. The van der Waals surface area contributed by atoms with Crippen molar-refractivity contribution >= 4 is 5.97 Å². The second kappa shape index (κ2) is 5.27. The molecule has 4 bridgehead atoms. The molecule has 1 aromatic rings. The number of benzene rings is 1. The Kier molecular flexibility index (Phi) is 3.46. The van der Waals surface area contributed by atoms with Crippen LogP contribution in [0.15, 0.2) is 30.3 Å². The number of nitrogens with zero attached hydrogens (tertiary/aromatic N) is 1. The maximum absolute atomic E-state index is 12.6. The van der Waals surface area contributed by atoms with Crippen molar-refractivity contribution in [2.24, 2.45) is 0 Å². The van der Waals surface area contributed by atoms with Crippen LogP contribution in [-0.4, -0.2) is 65.1 Å². The summed E-state index contributed by atoms with van der Waals surface area (Å²) >= 11 is 0. The molecule has 0 radical (unpaired) electrons. The smallest absolute Gasteiger partial charge is 0.345 e. The molecule has 23 heavy (non-hydrogen) atoms. The quantitative estimate of drug-likeness (QED) is 0.762. The van der Waals surface area contributed by atoms with E-state index in [1.807, 2.05) is 7.05 Å². The molecule has 0 amide bonds. The van der Waals surface area contributed by atoms with Crippen molar-refractivity contribution in [2.75, 3.05) is 13.7 Å². The molecule has 0 unspecified atom stereocenters. The molecule has 4 fully saturated rings. The molecule has 6 heteroatoms. The summed E-state index contributed by atoms with van der Waals surface area (Å²) in [5.74, 6) is -0.816. The molecule has 4 heterocycles. The molecule has 0 aliphatic carbocycles. The second-order valence-electron chi connectivity index (χ2n) is 6.75. The number of likely N-dealkylation sites (N-methyl/N-ethyl adjacent to an activating group) is 1. The lowest BCUT2D eigenvalue weighted by Crippen LogP contribution is -2.50. The van der Waals surface area contributed by atoms with Crippen LogP contribution in [0, 0.1) is 0 Å². The first-order valence-electron chi connectivity index (χ1n) is 8.02. The topological polar surface area (TPSA) is 79.2 Å². The first-order chi connectivity index (χ1) is 11.0. The molecule has 4 aliphatic heterocycles. The molecule has 0 spiro atoms. The maximum Gasteiger partial charge on any atom is 0.345 e. The van der Waals surface area contributed by atoms with E-state index in [0.717, 1.165) is 12.8 Å². The van der Waals surface area contributed by atoms with Crippen molar-refractivity contribution in [2.45, 2.75) is 48.8 Å². The summed E-state index contributed by atoms with van der Waals surface area (Å²) in [6, 6.07) is 8.80. The monoisotopic (exact) mass is 319 g/mol. The van der Waals surface area contributed by atoms with Gasteiger partial charge >= 0.3 is 5.97 Å². The zero-order valence-electron chi connectivity index (χ0n) is 13.0. The van der Waals surface area contributed by atoms with Gasteiger partial charge in [0, 0.05) is 6.04 Å². The Hall–Kier alpha value is -1.47. The fourth-order valence-corrected chi connectivity index (χ4v) is 4.24. The highest BCUT2D eigenvalue weighted by Gasteiger charge is 2.60. The highest BCUT2D eigenvalue weighted by Crippen LogP contribution is 2.46. The van der Waals surface area contributed by atoms with Crippen LogP contribution < -0.4 is 0 Å². The molecule has 4 saturated heterocycles. The van der Waals surface area contributed by atoms with Crippen LogP contribution in [-0.2, 0) is 19.9 Å². The van der Waals surface area contributed by atoms with Gasteiger partial charge in [0.1, 0.15) is 12.2 Å². The number of carbonyl (C=O) groups is 1. The lowest BCUT2D eigenvalue weighted by molar-refractivity contribution is -0.189. The Labute approximate surface area is 134 Å². The molecular formula is C17H21NO5. The summed E-state index contributed by atoms with van der Waals surface area (Å²) in [7, 11) is 2.02. The van der Waals surface area contributed by atoms with Gasteiger partial charge in [0.05, 0.1) is 18.8 Å². The van der Waals surface area contributed by atoms with Crippen molar-refractivity contribution in [3.63, 3.8) is 0 Å². The van der Waals surface area contributed by atoms with Gasteiger partial charge in [0.25, 0.3) is 0 Å². The molecule has 2 N–H and O–H groups in total. The van der Waals surface area contributed by atoms with Gasteiger partial charge in [-0.3, -0.25) is 4.90 Å². The summed E-state index contributed by atoms with van der Waals surface area (Å²) in [5, 5.41) is 20.3. The van der Waals surface area contributed by atoms with Gasteiger partial charge in [-0.1, -0.05) is 30.3 Å². The Balaban J connectivity index is 1.56. The fourth-order valence-electron chi connectivity index (χ4n) is 4.24. The summed E-state index contributed by atoms with van der Waals surface area (Å²) < 4.78 is 11.6. The van der Waals surface area contributed by atoms with E-state index < -0.39 is 24.3 Å². The van der Waals surface area contributed by atoms with Gasteiger partial charge in [-0.25, -0.2) is 4.79 Å². The van der Waals surface area contributed by atoms with Crippen LogP contribution in [0.2, 0.25) is 0 Å². The van der Waals surface area contributed by atoms with Crippen molar-refractivity contribution in [1.82, 2.24) is 4.90 Å². The third-order valence-electron chi connectivity index (χ3n) is 5.55. The lowest BCUT2D eigenvalue weighted by Gasteiger charge is -2.36. The van der Waals surface area contributed by atoms with Crippen molar-refractivity contribution in [3.05, 3.63) is 35.9 Å². The van der Waals surface area contributed by atoms with Crippen LogP contribution >= 0.6 is 0 Å². The minimum Gasteiger partial charge on any atom is -0.455 e. The minimum absolute atomic E-state index is 0.125.